The molecule has 5 heteroatoms. The van der Waals surface area contributed by atoms with Gasteiger partial charge in [0.15, 0.2) is 0 Å². The number of carbonyl (C=O) groups is 1. The number of likely N-dealkylation sites (tertiary alicyclic amines) is 1. The molecule has 0 radical (unpaired) electrons. The molecule has 2 aliphatic heterocycles. The first-order valence-corrected chi connectivity index (χ1v) is 9.78. The van der Waals surface area contributed by atoms with Crippen molar-refractivity contribution in [3.63, 3.8) is 0 Å². The molecule has 0 aromatic heterocycles. The second kappa shape index (κ2) is 7.29. The van der Waals surface area contributed by atoms with Crippen molar-refractivity contribution < 1.29 is 9.18 Å². The molecule has 26 heavy (non-hydrogen) atoms. The largest absolute Gasteiger partial charge is 0.334 e. The van der Waals surface area contributed by atoms with E-state index in [-0.39, 0.29) is 24.5 Å². The molecule has 0 spiro atoms. The van der Waals surface area contributed by atoms with Crippen LogP contribution in [-0.4, -0.2) is 41.5 Å². The topological polar surface area (TPSA) is 45.0 Å². The third kappa shape index (κ3) is 3.19. The molecule has 1 amide bonds. The summed E-state index contributed by atoms with van der Waals surface area (Å²) >= 11 is 0. The van der Waals surface area contributed by atoms with E-state index in [0.29, 0.717) is 24.6 Å². The van der Waals surface area contributed by atoms with Crippen molar-refractivity contribution in [1.29, 1.82) is 0 Å². The van der Waals surface area contributed by atoms with Crippen LogP contribution < -0.4 is 0 Å². The van der Waals surface area contributed by atoms with Crippen LogP contribution in [-0.2, 0) is 4.79 Å². The highest BCUT2D eigenvalue weighted by Crippen LogP contribution is 2.33. The van der Waals surface area contributed by atoms with Crippen LogP contribution in [0.3, 0.4) is 0 Å². The van der Waals surface area contributed by atoms with Gasteiger partial charge in [0.25, 0.3) is 5.91 Å². The van der Waals surface area contributed by atoms with Crippen LogP contribution in [0.15, 0.2) is 34.5 Å². The van der Waals surface area contributed by atoms with Gasteiger partial charge in [-0.15, -0.1) is 5.10 Å². The van der Waals surface area contributed by atoms with E-state index in [2.05, 4.69) is 34.5 Å². The Morgan fingerprint density at radius 1 is 1.15 bits per heavy atom. The molecule has 1 aromatic carbocycles. The second-order valence-electron chi connectivity index (χ2n) is 7.84. The first-order valence-electron chi connectivity index (χ1n) is 9.78. The van der Waals surface area contributed by atoms with Crippen LogP contribution >= 0.6 is 0 Å². The molecular formula is C21H26FN3O. The Bertz CT molecular complexity index is 734. The van der Waals surface area contributed by atoms with E-state index in [9.17, 15) is 9.18 Å². The van der Waals surface area contributed by atoms with Crippen molar-refractivity contribution in [3.8, 4) is 0 Å². The van der Waals surface area contributed by atoms with Gasteiger partial charge in [-0.05, 0) is 36.8 Å². The van der Waals surface area contributed by atoms with E-state index in [1.807, 2.05) is 6.92 Å². The zero-order chi connectivity index (χ0) is 18.1. The summed E-state index contributed by atoms with van der Waals surface area (Å²) in [5, 5.41) is 8.35. The fourth-order valence-corrected chi connectivity index (χ4v) is 4.31. The molecule has 1 saturated heterocycles. The van der Waals surface area contributed by atoms with Gasteiger partial charge < -0.3 is 4.90 Å². The summed E-state index contributed by atoms with van der Waals surface area (Å²) in [7, 11) is 0. The lowest BCUT2D eigenvalue weighted by Crippen LogP contribution is -2.59. The summed E-state index contributed by atoms with van der Waals surface area (Å²) < 4.78 is 12.8. The van der Waals surface area contributed by atoms with Crippen molar-refractivity contribution >= 4 is 17.3 Å². The maximum Gasteiger partial charge on any atom is 0.270 e. The second-order valence-corrected chi connectivity index (χ2v) is 7.84. The highest BCUT2D eigenvalue weighted by molar-refractivity contribution is 6.44. The molecule has 4 rings (SSSR count). The predicted octanol–water partition coefficient (Wildman–Crippen LogP) is 4.10. The molecule has 2 fully saturated rings. The lowest BCUT2D eigenvalue weighted by Gasteiger charge is -2.45. The first kappa shape index (κ1) is 17.4. The summed E-state index contributed by atoms with van der Waals surface area (Å²) in [5.41, 5.74) is 3.77. The van der Waals surface area contributed by atoms with Gasteiger partial charge >= 0.3 is 0 Å². The highest BCUT2D eigenvalue weighted by atomic mass is 19.1. The summed E-state index contributed by atoms with van der Waals surface area (Å²) in [6.45, 7) is 2.01. The monoisotopic (exact) mass is 355 g/mol. The Kier molecular flexibility index (Phi) is 4.88. The standard InChI is InChI=1S/C21H26FN3O/c1-14-18(12-22)13-25(14)21(26)20-11-19(23-24-20)17-9-7-16(8-10-17)15-5-3-2-4-6-15/h7-10,14-15,18H,2-6,11-13H2,1H3/t14-,18-/m1/s1. The van der Waals surface area contributed by atoms with Gasteiger partial charge in [0, 0.05) is 24.9 Å². The van der Waals surface area contributed by atoms with Gasteiger partial charge in [0.2, 0.25) is 0 Å². The van der Waals surface area contributed by atoms with Gasteiger partial charge in [0.1, 0.15) is 5.71 Å². The number of alkyl halides is 1. The molecule has 2 heterocycles. The van der Waals surface area contributed by atoms with Gasteiger partial charge in [0.05, 0.1) is 12.4 Å². The lowest BCUT2D eigenvalue weighted by atomic mass is 9.84. The van der Waals surface area contributed by atoms with Gasteiger partial charge in [-0.2, -0.15) is 5.10 Å². The third-order valence-corrected chi connectivity index (χ3v) is 6.26. The number of nitrogens with zero attached hydrogens (tertiary/aromatic N) is 3. The van der Waals surface area contributed by atoms with Crippen LogP contribution in [0.2, 0.25) is 0 Å². The van der Waals surface area contributed by atoms with E-state index in [1.165, 1.54) is 37.7 Å². The van der Waals surface area contributed by atoms with Gasteiger partial charge in [-0.25, -0.2) is 0 Å². The zero-order valence-corrected chi connectivity index (χ0v) is 15.3. The van der Waals surface area contributed by atoms with Crippen LogP contribution in [0.5, 0.6) is 0 Å². The average molecular weight is 355 g/mol. The van der Waals surface area contributed by atoms with Crippen LogP contribution in [0, 0.1) is 5.92 Å². The minimum Gasteiger partial charge on any atom is -0.334 e. The number of hydrogen-bond acceptors (Lipinski definition) is 3. The Morgan fingerprint density at radius 3 is 2.54 bits per heavy atom. The zero-order valence-electron chi connectivity index (χ0n) is 15.3. The predicted molar refractivity (Wildman–Crippen MR) is 101 cm³/mol. The molecule has 4 nitrogen and oxygen atoms in total. The van der Waals surface area contributed by atoms with Crippen molar-refractivity contribution in [2.24, 2.45) is 16.1 Å². The van der Waals surface area contributed by atoms with Gasteiger partial charge in [-0.1, -0.05) is 43.5 Å². The number of carbonyl (C=O) groups excluding carboxylic acids is 1. The SMILES string of the molecule is C[C@@H]1[C@H](CF)CN1C(=O)C1=NN=C(c2ccc(C3CCCCC3)cc2)C1. The molecule has 3 aliphatic rings. The molecular weight excluding hydrogens is 329 g/mol. The van der Waals surface area contributed by atoms with Crippen LogP contribution in [0.1, 0.15) is 62.5 Å². The Morgan fingerprint density at radius 2 is 1.88 bits per heavy atom. The van der Waals surface area contributed by atoms with Crippen LogP contribution in [0.25, 0.3) is 0 Å². The molecule has 0 unspecified atom stereocenters. The molecule has 1 aliphatic carbocycles. The molecule has 1 saturated carbocycles. The summed E-state index contributed by atoms with van der Waals surface area (Å²) in [4.78, 5) is 14.2. The maximum absolute atomic E-state index is 12.8. The number of benzene rings is 1. The van der Waals surface area contributed by atoms with E-state index in [0.717, 1.165) is 11.3 Å². The van der Waals surface area contributed by atoms with E-state index in [1.54, 1.807) is 4.90 Å². The lowest BCUT2D eigenvalue weighted by molar-refractivity contribution is -0.135. The van der Waals surface area contributed by atoms with E-state index in [4.69, 9.17) is 0 Å². The summed E-state index contributed by atoms with van der Waals surface area (Å²) in [5.74, 6) is 0.557. The van der Waals surface area contributed by atoms with Crippen molar-refractivity contribution in [1.82, 2.24) is 4.90 Å². The minimum atomic E-state index is -0.369. The van der Waals surface area contributed by atoms with Crippen molar-refractivity contribution in [2.75, 3.05) is 13.2 Å². The van der Waals surface area contributed by atoms with Gasteiger partial charge in [-0.3, -0.25) is 9.18 Å². The van der Waals surface area contributed by atoms with E-state index >= 15 is 0 Å². The molecule has 0 N–H and O–H groups in total. The fourth-order valence-electron chi connectivity index (χ4n) is 4.31. The Balaban J connectivity index is 1.36. The first-order chi connectivity index (χ1) is 12.7. The quantitative estimate of drug-likeness (QED) is 0.802. The average Bonchev–Trinajstić information content (AvgIpc) is 3.18. The minimum absolute atomic E-state index is 0.0336. The van der Waals surface area contributed by atoms with Crippen LogP contribution in [0.4, 0.5) is 4.39 Å². The number of amides is 1. The number of halogens is 1. The molecule has 138 valence electrons. The Hall–Kier alpha value is -2.04. The number of rotatable bonds is 4. The normalized spacial score (nSPS) is 26.3. The summed E-state index contributed by atoms with van der Waals surface area (Å²) in [6.07, 6.45) is 7.06. The fraction of sp³-hybridized carbons (Fsp3) is 0.571. The smallest absolute Gasteiger partial charge is 0.270 e. The highest BCUT2D eigenvalue weighted by Gasteiger charge is 2.40. The molecule has 0 bridgehead atoms. The molecule has 1 aromatic rings. The summed E-state index contributed by atoms with van der Waals surface area (Å²) in [6, 6.07) is 8.58. The maximum atomic E-state index is 12.8. The van der Waals surface area contributed by atoms with Crippen molar-refractivity contribution in [3.05, 3.63) is 35.4 Å². The third-order valence-electron chi connectivity index (χ3n) is 6.26. The van der Waals surface area contributed by atoms with E-state index < -0.39 is 0 Å². The van der Waals surface area contributed by atoms with Crippen molar-refractivity contribution in [2.45, 2.75) is 57.4 Å². The Labute approximate surface area is 154 Å². The molecule has 2 atom stereocenters. The number of hydrogen-bond donors (Lipinski definition) is 0.